The van der Waals surface area contributed by atoms with Crippen LogP contribution in [0.1, 0.15) is 22.3 Å². The number of aromatic nitrogens is 1. The van der Waals surface area contributed by atoms with Gasteiger partial charge in [-0.05, 0) is 23.8 Å². The number of carbonyl (C=O) groups is 2. The number of carboxylic acid groups (broad SMARTS) is 1. The number of hydrogen-bond acceptors (Lipinski definition) is 5. The maximum atomic E-state index is 12.4. The molecule has 2 N–H and O–H groups in total. The molecule has 25 heavy (non-hydrogen) atoms. The summed E-state index contributed by atoms with van der Waals surface area (Å²) in [6, 6.07) is 9.88. The summed E-state index contributed by atoms with van der Waals surface area (Å²) >= 11 is 0. The first-order chi connectivity index (χ1) is 12.1. The Labute approximate surface area is 144 Å². The summed E-state index contributed by atoms with van der Waals surface area (Å²) in [5.41, 5.74) is 1.69. The molecular formula is C18H18N2O5. The average molecular weight is 342 g/mol. The highest BCUT2D eigenvalue weighted by molar-refractivity contribution is 6.04. The minimum atomic E-state index is -0.895. The third kappa shape index (κ3) is 4.77. The number of rotatable bonds is 6. The highest BCUT2D eigenvalue weighted by Gasteiger charge is 2.18. The highest BCUT2D eigenvalue weighted by Crippen LogP contribution is 2.17. The quantitative estimate of drug-likeness (QED) is 0.834. The van der Waals surface area contributed by atoms with Gasteiger partial charge in [-0.25, -0.2) is 4.98 Å². The number of hydrogen-bond donors (Lipinski definition) is 2. The van der Waals surface area contributed by atoms with E-state index in [0.29, 0.717) is 35.9 Å². The van der Waals surface area contributed by atoms with Crippen LogP contribution in [-0.2, 0) is 16.0 Å². The fourth-order valence-electron chi connectivity index (χ4n) is 2.48. The Morgan fingerprint density at radius 1 is 1.28 bits per heavy atom. The van der Waals surface area contributed by atoms with Crippen LogP contribution in [0.5, 0.6) is 5.88 Å². The lowest BCUT2D eigenvalue weighted by atomic mass is 10.1. The van der Waals surface area contributed by atoms with Crippen LogP contribution in [0.2, 0.25) is 0 Å². The monoisotopic (exact) mass is 342 g/mol. The SMILES string of the molecule is O=C(O)Cc1ccc(NC(=O)c2ccnc(OC3CCOC3)c2)cc1. The average Bonchev–Trinajstić information content (AvgIpc) is 3.09. The van der Waals surface area contributed by atoms with Gasteiger partial charge in [-0.15, -0.1) is 0 Å². The van der Waals surface area contributed by atoms with Gasteiger partial charge in [-0.3, -0.25) is 9.59 Å². The molecule has 3 rings (SSSR count). The van der Waals surface area contributed by atoms with Crippen LogP contribution in [-0.4, -0.2) is 41.3 Å². The number of carboxylic acids is 1. The van der Waals surface area contributed by atoms with E-state index in [4.69, 9.17) is 14.6 Å². The molecule has 1 aromatic carbocycles. The molecule has 1 aliphatic rings. The molecule has 1 unspecified atom stereocenters. The minimum Gasteiger partial charge on any atom is -0.481 e. The Hall–Kier alpha value is -2.93. The molecule has 0 spiro atoms. The number of nitrogens with zero attached hydrogens (tertiary/aromatic N) is 1. The van der Waals surface area contributed by atoms with Gasteiger partial charge in [-0.1, -0.05) is 12.1 Å². The van der Waals surface area contributed by atoms with Crippen molar-refractivity contribution in [3.63, 3.8) is 0 Å². The van der Waals surface area contributed by atoms with E-state index in [-0.39, 0.29) is 18.4 Å². The second-order valence-corrected chi connectivity index (χ2v) is 5.71. The third-order valence-electron chi connectivity index (χ3n) is 3.74. The Balaban J connectivity index is 1.63. The summed E-state index contributed by atoms with van der Waals surface area (Å²) in [6.07, 6.45) is 2.24. The molecule has 1 fully saturated rings. The van der Waals surface area contributed by atoms with Gasteiger partial charge < -0.3 is 19.9 Å². The van der Waals surface area contributed by atoms with E-state index in [9.17, 15) is 9.59 Å². The molecule has 1 amide bonds. The molecule has 130 valence electrons. The molecular weight excluding hydrogens is 324 g/mol. The van der Waals surface area contributed by atoms with Crippen molar-refractivity contribution in [1.82, 2.24) is 4.98 Å². The Bertz CT molecular complexity index is 754. The molecule has 1 aromatic heterocycles. The predicted molar refractivity (Wildman–Crippen MR) is 89.8 cm³/mol. The molecule has 7 nitrogen and oxygen atoms in total. The van der Waals surface area contributed by atoms with Crippen molar-refractivity contribution in [3.8, 4) is 5.88 Å². The largest absolute Gasteiger partial charge is 0.481 e. The van der Waals surface area contributed by atoms with Crippen molar-refractivity contribution in [2.24, 2.45) is 0 Å². The van der Waals surface area contributed by atoms with Crippen LogP contribution in [0.4, 0.5) is 5.69 Å². The number of carbonyl (C=O) groups excluding carboxylic acids is 1. The maximum Gasteiger partial charge on any atom is 0.307 e. The zero-order valence-corrected chi connectivity index (χ0v) is 13.5. The standard InChI is InChI=1S/C18H18N2O5/c21-17(22)9-12-1-3-14(4-2-12)20-18(23)13-5-7-19-16(10-13)25-15-6-8-24-11-15/h1-5,7,10,15H,6,8-9,11H2,(H,20,23)(H,21,22). The van der Waals surface area contributed by atoms with Crippen molar-refractivity contribution in [3.05, 3.63) is 53.7 Å². The van der Waals surface area contributed by atoms with E-state index in [2.05, 4.69) is 10.3 Å². The lowest BCUT2D eigenvalue weighted by Crippen LogP contribution is -2.17. The lowest BCUT2D eigenvalue weighted by Gasteiger charge is -2.11. The molecule has 2 aromatic rings. The van der Waals surface area contributed by atoms with Crippen molar-refractivity contribution < 1.29 is 24.2 Å². The second-order valence-electron chi connectivity index (χ2n) is 5.71. The normalized spacial score (nSPS) is 16.4. The van der Waals surface area contributed by atoms with Gasteiger partial charge in [0.05, 0.1) is 19.6 Å². The smallest absolute Gasteiger partial charge is 0.307 e. The minimum absolute atomic E-state index is 0.0346. The van der Waals surface area contributed by atoms with Crippen LogP contribution >= 0.6 is 0 Å². The Morgan fingerprint density at radius 3 is 2.76 bits per heavy atom. The molecule has 7 heteroatoms. The summed E-state index contributed by atoms with van der Waals surface area (Å²) in [5.74, 6) is -0.797. The third-order valence-corrected chi connectivity index (χ3v) is 3.74. The van der Waals surface area contributed by atoms with Crippen molar-refractivity contribution in [2.45, 2.75) is 18.9 Å². The fraction of sp³-hybridized carbons (Fsp3) is 0.278. The molecule has 1 saturated heterocycles. The van der Waals surface area contributed by atoms with E-state index in [1.807, 2.05) is 0 Å². The van der Waals surface area contributed by atoms with Gasteiger partial charge in [-0.2, -0.15) is 0 Å². The maximum absolute atomic E-state index is 12.4. The van der Waals surface area contributed by atoms with Crippen molar-refractivity contribution >= 4 is 17.6 Å². The molecule has 0 aliphatic carbocycles. The zero-order valence-electron chi connectivity index (χ0n) is 13.5. The van der Waals surface area contributed by atoms with Crippen LogP contribution in [0.25, 0.3) is 0 Å². The molecule has 0 saturated carbocycles. The van der Waals surface area contributed by atoms with Crippen LogP contribution < -0.4 is 10.1 Å². The second kappa shape index (κ2) is 7.76. The molecule has 0 radical (unpaired) electrons. The van der Waals surface area contributed by atoms with E-state index in [1.54, 1.807) is 36.4 Å². The summed E-state index contributed by atoms with van der Waals surface area (Å²) in [7, 11) is 0. The van der Waals surface area contributed by atoms with Gasteiger partial charge in [0, 0.05) is 29.9 Å². The molecule has 2 heterocycles. The molecule has 1 atom stereocenters. The van der Waals surface area contributed by atoms with Crippen LogP contribution in [0.3, 0.4) is 0 Å². The van der Waals surface area contributed by atoms with E-state index in [1.165, 1.54) is 6.20 Å². The number of benzene rings is 1. The van der Waals surface area contributed by atoms with Crippen LogP contribution in [0, 0.1) is 0 Å². The first-order valence-electron chi connectivity index (χ1n) is 7.93. The highest BCUT2D eigenvalue weighted by atomic mass is 16.5. The zero-order chi connectivity index (χ0) is 17.6. The number of amides is 1. The number of anilines is 1. The first kappa shape index (κ1) is 16.9. The Kier molecular flexibility index (Phi) is 5.25. The predicted octanol–water partition coefficient (Wildman–Crippen LogP) is 2.13. The number of aliphatic carboxylic acids is 1. The van der Waals surface area contributed by atoms with Crippen molar-refractivity contribution in [2.75, 3.05) is 18.5 Å². The molecule has 1 aliphatic heterocycles. The van der Waals surface area contributed by atoms with Crippen LogP contribution in [0.15, 0.2) is 42.6 Å². The van der Waals surface area contributed by atoms with Gasteiger partial charge in [0.15, 0.2) is 0 Å². The first-order valence-corrected chi connectivity index (χ1v) is 7.93. The summed E-state index contributed by atoms with van der Waals surface area (Å²) in [6.45, 7) is 1.20. The lowest BCUT2D eigenvalue weighted by molar-refractivity contribution is -0.136. The number of nitrogens with one attached hydrogen (secondary N) is 1. The van der Waals surface area contributed by atoms with E-state index >= 15 is 0 Å². The van der Waals surface area contributed by atoms with Crippen molar-refractivity contribution in [1.29, 1.82) is 0 Å². The number of pyridine rings is 1. The number of ether oxygens (including phenoxy) is 2. The van der Waals surface area contributed by atoms with Gasteiger partial charge in [0.1, 0.15) is 6.10 Å². The molecule has 0 bridgehead atoms. The summed E-state index contributed by atoms with van der Waals surface area (Å²) in [4.78, 5) is 27.1. The van der Waals surface area contributed by atoms with Gasteiger partial charge in [0.25, 0.3) is 5.91 Å². The summed E-state index contributed by atoms with van der Waals surface area (Å²) < 4.78 is 10.9. The van der Waals surface area contributed by atoms with Gasteiger partial charge in [0.2, 0.25) is 5.88 Å². The van der Waals surface area contributed by atoms with E-state index in [0.717, 1.165) is 6.42 Å². The van der Waals surface area contributed by atoms with E-state index < -0.39 is 5.97 Å². The summed E-state index contributed by atoms with van der Waals surface area (Å²) in [5, 5.41) is 11.5. The fourth-order valence-corrected chi connectivity index (χ4v) is 2.48. The Morgan fingerprint density at radius 2 is 2.08 bits per heavy atom. The van der Waals surface area contributed by atoms with Gasteiger partial charge >= 0.3 is 5.97 Å². The topological polar surface area (TPSA) is 97.8 Å².